The Labute approximate surface area is 151 Å². The molecular formula is C22H32O3. The van der Waals surface area contributed by atoms with Gasteiger partial charge < -0.3 is 4.74 Å². The monoisotopic (exact) mass is 344 g/mol. The Morgan fingerprint density at radius 2 is 2.16 bits per heavy atom. The number of rotatable bonds is 5. The number of allylic oxidation sites excluding steroid dienone is 3. The van der Waals surface area contributed by atoms with Gasteiger partial charge in [0, 0.05) is 24.9 Å². The lowest BCUT2D eigenvalue weighted by atomic mass is 9.54. The molecule has 3 saturated carbocycles. The quantitative estimate of drug-likeness (QED) is 0.689. The molecule has 3 heteroatoms. The molecule has 0 aliphatic heterocycles. The minimum absolute atomic E-state index is 0.0836. The number of carbonyl (C=O) groups excluding carboxylic acids is 2. The molecule has 0 heterocycles. The summed E-state index contributed by atoms with van der Waals surface area (Å²) in [5.41, 5.74) is 1.18. The summed E-state index contributed by atoms with van der Waals surface area (Å²) in [5.74, 6) is 2.70. The average molecular weight is 344 g/mol. The molecule has 0 bridgehead atoms. The molecule has 3 nitrogen and oxygen atoms in total. The third-order valence-electron chi connectivity index (χ3n) is 7.09. The standard InChI is InChI=1S/C22H32O3/c1-4-5-6-18(23)12-16-11-15-9-10-22(2)20(7-8-21(22)24)19(15)13-17(16)14-25-3/h5-6,12,15,17,19-20H,4,7-11,13-14H2,1-3H3. The van der Waals surface area contributed by atoms with E-state index in [1.54, 1.807) is 13.2 Å². The molecule has 0 amide bonds. The van der Waals surface area contributed by atoms with Crippen LogP contribution in [0.15, 0.2) is 23.8 Å². The van der Waals surface area contributed by atoms with Gasteiger partial charge in [-0.2, -0.15) is 0 Å². The number of ketones is 2. The summed E-state index contributed by atoms with van der Waals surface area (Å²) in [6, 6.07) is 0. The highest BCUT2D eigenvalue weighted by Gasteiger charge is 2.55. The fourth-order valence-corrected chi connectivity index (χ4v) is 5.71. The minimum Gasteiger partial charge on any atom is -0.384 e. The third-order valence-corrected chi connectivity index (χ3v) is 7.09. The molecular weight excluding hydrogens is 312 g/mol. The maximum absolute atomic E-state index is 12.4. The highest BCUT2D eigenvalue weighted by atomic mass is 16.5. The van der Waals surface area contributed by atoms with Gasteiger partial charge in [-0.3, -0.25) is 9.59 Å². The van der Waals surface area contributed by atoms with Crippen LogP contribution in [0.4, 0.5) is 0 Å². The topological polar surface area (TPSA) is 43.4 Å². The summed E-state index contributed by atoms with van der Waals surface area (Å²) in [5, 5.41) is 0. The van der Waals surface area contributed by atoms with Gasteiger partial charge >= 0.3 is 0 Å². The molecule has 3 aliphatic carbocycles. The largest absolute Gasteiger partial charge is 0.384 e. The van der Waals surface area contributed by atoms with Gasteiger partial charge in [-0.05, 0) is 68.4 Å². The predicted molar refractivity (Wildman–Crippen MR) is 99.2 cm³/mol. The lowest BCUT2D eigenvalue weighted by Gasteiger charge is -2.50. The van der Waals surface area contributed by atoms with E-state index >= 15 is 0 Å². The van der Waals surface area contributed by atoms with E-state index in [4.69, 9.17) is 4.74 Å². The Hall–Kier alpha value is -1.22. The second-order valence-corrected chi connectivity index (χ2v) is 8.47. The molecule has 3 aliphatic rings. The van der Waals surface area contributed by atoms with Crippen LogP contribution in [-0.4, -0.2) is 25.3 Å². The van der Waals surface area contributed by atoms with Gasteiger partial charge in [-0.1, -0.05) is 25.5 Å². The number of hydrogen-bond donors (Lipinski definition) is 0. The molecule has 0 radical (unpaired) electrons. The van der Waals surface area contributed by atoms with Crippen LogP contribution in [0.25, 0.3) is 0 Å². The van der Waals surface area contributed by atoms with E-state index in [-0.39, 0.29) is 11.2 Å². The van der Waals surface area contributed by atoms with E-state index in [1.807, 2.05) is 19.1 Å². The molecule has 5 atom stereocenters. The van der Waals surface area contributed by atoms with Crippen molar-refractivity contribution in [1.29, 1.82) is 0 Å². The second-order valence-electron chi connectivity index (χ2n) is 8.47. The lowest BCUT2D eigenvalue weighted by molar-refractivity contribution is -0.130. The number of hydrogen-bond acceptors (Lipinski definition) is 3. The minimum atomic E-state index is -0.0836. The molecule has 138 valence electrons. The Balaban J connectivity index is 1.81. The van der Waals surface area contributed by atoms with Crippen molar-refractivity contribution >= 4 is 11.6 Å². The zero-order valence-electron chi connectivity index (χ0n) is 15.9. The van der Waals surface area contributed by atoms with Crippen LogP contribution in [0.3, 0.4) is 0 Å². The van der Waals surface area contributed by atoms with Gasteiger partial charge in [0.2, 0.25) is 0 Å². The second kappa shape index (κ2) is 7.57. The summed E-state index contributed by atoms with van der Waals surface area (Å²) in [7, 11) is 1.74. The van der Waals surface area contributed by atoms with Crippen LogP contribution in [0, 0.1) is 29.1 Å². The fourth-order valence-electron chi connectivity index (χ4n) is 5.71. The van der Waals surface area contributed by atoms with Gasteiger partial charge in [0.25, 0.3) is 0 Å². The molecule has 3 rings (SSSR count). The first-order valence-electron chi connectivity index (χ1n) is 9.92. The van der Waals surface area contributed by atoms with Crippen LogP contribution >= 0.6 is 0 Å². The van der Waals surface area contributed by atoms with Crippen molar-refractivity contribution in [3.63, 3.8) is 0 Å². The van der Waals surface area contributed by atoms with Crippen molar-refractivity contribution in [3.05, 3.63) is 23.8 Å². The fraction of sp³-hybridized carbons (Fsp3) is 0.727. The van der Waals surface area contributed by atoms with Crippen molar-refractivity contribution < 1.29 is 14.3 Å². The highest BCUT2D eigenvalue weighted by molar-refractivity contribution is 5.99. The molecule has 0 aromatic rings. The van der Waals surface area contributed by atoms with E-state index in [2.05, 4.69) is 6.92 Å². The first-order valence-corrected chi connectivity index (χ1v) is 9.92. The summed E-state index contributed by atoms with van der Waals surface area (Å²) in [6.07, 6.45) is 12.4. The van der Waals surface area contributed by atoms with E-state index in [0.717, 1.165) is 44.9 Å². The lowest BCUT2D eigenvalue weighted by Crippen LogP contribution is -2.45. The Kier molecular flexibility index (Phi) is 5.62. The van der Waals surface area contributed by atoms with Crippen LogP contribution in [0.1, 0.15) is 58.8 Å². The molecule has 3 fully saturated rings. The predicted octanol–water partition coefficient (Wildman–Crippen LogP) is 4.52. The van der Waals surface area contributed by atoms with Crippen LogP contribution < -0.4 is 0 Å². The van der Waals surface area contributed by atoms with Crippen molar-refractivity contribution in [1.82, 2.24) is 0 Å². The summed E-state index contributed by atoms with van der Waals surface area (Å²) in [6.45, 7) is 4.92. The maximum Gasteiger partial charge on any atom is 0.178 e. The van der Waals surface area contributed by atoms with E-state index in [0.29, 0.717) is 36.1 Å². The molecule has 0 aromatic heterocycles. The van der Waals surface area contributed by atoms with Gasteiger partial charge in [-0.25, -0.2) is 0 Å². The summed E-state index contributed by atoms with van der Waals surface area (Å²) in [4.78, 5) is 24.6. The summed E-state index contributed by atoms with van der Waals surface area (Å²) < 4.78 is 5.47. The first-order chi connectivity index (χ1) is 12.0. The maximum atomic E-state index is 12.4. The van der Waals surface area contributed by atoms with Crippen LogP contribution in [0.5, 0.6) is 0 Å². The Morgan fingerprint density at radius 1 is 1.36 bits per heavy atom. The first kappa shape index (κ1) is 18.6. The van der Waals surface area contributed by atoms with E-state index in [1.165, 1.54) is 5.57 Å². The number of methoxy groups -OCH3 is 1. The summed E-state index contributed by atoms with van der Waals surface area (Å²) >= 11 is 0. The average Bonchev–Trinajstić information content (AvgIpc) is 2.89. The normalized spacial score (nSPS) is 39.6. The number of ether oxygens (including phenoxy) is 1. The Morgan fingerprint density at radius 3 is 2.88 bits per heavy atom. The molecule has 5 unspecified atom stereocenters. The van der Waals surface area contributed by atoms with Crippen molar-refractivity contribution in [3.8, 4) is 0 Å². The van der Waals surface area contributed by atoms with Crippen LogP contribution in [0.2, 0.25) is 0 Å². The zero-order chi connectivity index (χ0) is 18.0. The molecule has 0 aromatic carbocycles. The van der Waals surface area contributed by atoms with E-state index < -0.39 is 0 Å². The van der Waals surface area contributed by atoms with Gasteiger partial charge in [0.05, 0.1) is 6.61 Å². The Bertz CT molecular complexity index is 588. The molecule has 25 heavy (non-hydrogen) atoms. The number of Topliss-reactive ketones (excluding diaryl/α,β-unsaturated/α-hetero) is 1. The number of carbonyl (C=O) groups is 2. The van der Waals surface area contributed by atoms with E-state index in [9.17, 15) is 9.59 Å². The van der Waals surface area contributed by atoms with Gasteiger partial charge in [0.15, 0.2) is 5.78 Å². The van der Waals surface area contributed by atoms with Crippen molar-refractivity contribution in [2.24, 2.45) is 29.1 Å². The zero-order valence-corrected chi connectivity index (χ0v) is 15.9. The number of fused-ring (bicyclic) bond motifs is 3. The smallest absolute Gasteiger partial charge is 0.178 e. The SMILES string of the molecule is CCC=CC(=O)C=C1CC2CCC3(C)C(=O)CCC3C2CC1COC. The van der Waals surface area contributed by atoms with Gasteiger partial charge in [-0.15, -0.1) is 0 Å². The third kappa shape index (κ3) is 3.53. The van der Waals surface area contributed by atoms with Crippen LogP contribution in [-0.2, 0) is 14.3 Å². The van der Waals surface area contributed by atoms with Gasteiger partial charge in [0.1, 0.15) is 5.78 Å². The molecule has 0 saturated heterocycles. The van der Waals surface area contributed by atoms with Crippen molar-refractivity contribution in [2.75, 3.05) is 13.7 Å². The van der Waals surface area contributed by atoms with Crippen molar-refractivity contribution in [2.45, 2.75) is 58.8 Å². The highest BCUT2D eigenvalue weighted by Crippen LogP contribution is 2.59. The molecule has 0 N–H and O–H groups in total. The molecule has 0 spiro atoms.